The second-order valence-electron chi connectivity index (χ2n) is 14.7. The molecule has 6 aliphatic rings. The SMILES string of the molecule is COCOc1c(OC)c(C)cc2c1[C@H]1C3[C@@H]4SC[C@H](NC(=O)OCc5ccccc5)C(=O)OC[C@H](c5c6c(c(C)c(OC(C)=O)c54)OCO6)N3[C@@H](C#N)[C@H](C2)N1C. The van der Waals surface area contributed by atoms with Crippen LogP contribution < -0.4 is 29.0 Å². The average Bonchev–Trinajstić information content (AvgIpc) is 3.69. The lowest BCUT2D eigenvalue weighted by Crippen LogP contribution is -2.69. The number of fused-ring (bicyclic) bond motifs is 10. The summed E-state index contributed by atoms with van der Waals surface area (Å²) < 4.78 is 47.6. The number of benzene rings is 3. The van der Waals surface area contributed by atoms with Gasteiger partial charge < -0.3 is 43.2 Å². The van der Waals surface area contributed by atoms with Crippen molar-refractivity contribution in [3.8, 4) is 34.8 Å². The molecule has 2 saturated heterocycles. The maximum Gasteiger partial charge on any atom is 0.408 e. The van der Waals surface area contributed by atoms with E-state index < -0.39 is 53.5 Å². The number of nitriles is 1. The van der Waals surface area contributed by atoms with E-state index in [2.05, 4.69) is 27.3 Å². The minimum absolute atomic E-state index is 0.00937. The van der Waals surface area contributed by atoms with Gasteiger partial charge in [0.2, 0.25) is 6.79 Å². The Labute approximate surface area is 334 Å². The third kappa shape index (κ3) is 6.56. The molecule has 15 nitrogen and oxygen atoms in total. The van der Waals surface area contributed by atoms with Gasteiger partial charge >= 0.3 is 18.0 Å². The number of hydrogen-bond donors (Lipinski definition) is 1. The van der Waals surface area contributed by atoms with Gasteiger partial charge in [-0.05, 0) is 44.0 Å². The smallest absolute Gasteiger partial charge is 0.408 e. The predicted molar refractivity (Wildman–Crippen MR) is 204 cm³/mol. The molecule has 1 unspecified atom stereocenters. The predicted octanol–water partition coefficient (Wildman–Crippen LogP) is 4.80. The number of methoxy groups -OCH3 is 2. The molecular formula is C41H44N4O11S. The maximum atomic E-state index is 13.9. The van der Waals surface area contributed by atoms with E-state index in [0.717, 1.165) is 22.3 Å². The molecule has 6 aliphatic heterocycles. The number of carbonyl (C=O) groups is 3. The second-order valence-corrected chi connectivity index (χ2v) is 15.8. The number of piperazine rings is 1. The fourth-order valence-corrected chi connectivity index (χ4v) is 10.7. The minimum Gasteiger partial charge on any atom is -0.493 e. The molecule has 0 aromatic heterocycles. The molecule has 7 atom stereocenters. The number of nitrogens with one attached hydrogen (secondary N) is 1. The number of carbonyl (C=O) groups excluding carboxylic acids is 3. The highest BCUT2D eigenvalue weighted by atomic mass is 32.2. The summed E-state index contributed by atoms with van der Waals surface area (Å²) in [6.07, 6.45) is -0.255. The molecule has 9 rings (SSSR count). The molecule has 0 spiro atoms. The Morgan fingerprint density at radius 1 is 1.04 bits per heavy atom. The van der Waals surface area contributed by atoms with Crippen molar-refractivity contribution < 1.29 is 52.3 Å². The van der Waals surface area contributed by atoms with E-state index >= 15 is 0 Å². The summed E-state index contributed by atoms with van der Waals surface area (Å²) in [5, 5.41) is 13.3. The zero-order chi connectivity index (χ0) is 40.1. The van der Waals surface area contributed by atoms with Crippen LogP contribution in [0.4, 0.5) is 4.79 Å². The van der Waals surface area contributed by atoms with E-state index in [4.69, 9.17) is 37.9 Å². The highest BCUT2D eigenvalue weighted by Crippen LogP contribution is 2.64. The first-order valence-electron chi connectivity index (χ1n) is 18.7. The van der Waals surface area contributed by atoms with E-state index in [0.29, 0.717) is 51.9 Å². The van der Waals surface area contributed by atoms with Crippen molar-refractivity contribution in [2.45, 2.75) is 75.3 Å². The fraction of sp³-hybridized carbons (Fsp3) is 0.463. The molecule has 0 saturated carbocycles. The van der Waals surface area contributed by atoms with Crippen molar-refractivity contribution in [1.29, 1.82) is 5.26 Å². The number of rotatable bonds is 8. The first-order chi connectivity index (χ1) is 27.6. The molecule has 0 radical (unpaired) electrons. The van der Waals surface area contributed by atoms with E-state index in [1.165, 1.54) is 18.7 Å². The summed E-state index contributed by atoms with van der Waals surface area (Å²) in [4.78, 5) is 44.4. The maximum absolute atomic E-state index is 13.9. The lowest BCUT2D eigenvalue weighted by atomic mass is 9.71. The van der Waals surface area contributed by atoms with Crippen LogP contribution in [0.3, 0.4) is 0 Å². The first kappa shape index (κ1) is 38.7. The number of alkyl carbamates (subject to hydrolysis) is 1. The van der Waals surface area contributed by atoms with Crippen LogP contribution in [-0.4, -0.2) is 99.2 Å². The van der Waals surface area contributed by atoms with Crippen LogP contribution >= 0.6 is 11.8 Å². The highest BCUT2D eigenvalue weighted by molar-refractivity contribution is 7.99. The topological polar surface area (TPSA) is 167 Å². The van der Waals surface area contributed by atoms with Gasteiger partial charge in [0, 0.05) is 54.1 Å². The van der Waals surface area contributed by atoms with Gasteiger partial charge in [0.1, 0.15) is 31.0 Å². The largest absolute Gasteiger partial charge is 0.493 e. The normalized spacial score (nSPS) is 25.8. The van der Waals surface area contributed by atoms with Crippen molar-refractivity contribution in [2.75, 3.05) is 47.2 Å². The van der Waals surface area contributed by atoms with Crippen LogP contribution in [0.5, 0.6) is 28.7 Å². The molecule has 3 aromatic rings. The molecule has 57 heavy (non-hydrogen) atoms. The number of thioether (sulfide) groups is 1. The van der Waals surface area contributed by atoms with Crippen LogP contribution in [0.15, 0.2) is 36.4 Å². The summed E-state index contributed by atoms with van der Waals surface area (Å²) in [5.74, 6) is 1.14. The van der Waals surface area contributed by atoms with Crippen LogP contribution in [-0.2, 0) is 36.8 Å². The van der Waals surface area contributed by atoms with Gasteiger partial charge in [-0.25, -0.2) is 9.59 Å². The van der Waals surface area contributed by atoms with Gasteiger partial charge in [-0.15, -0.1) is 11.8 Å². The van der Waals surface area contributed by atoms with Crippen molar-refractivity contribution >= 4 is 29.8 Å². The monoisotopic (exact) mass is 800 g/mol. The Morgan fingerprint density at radius 3 is 2.53 bits per heavy atom. The Balaban J connectivity index is 1.31. The summed E-state index contributed by atoms with van der Waals surface area (Å²) in [6.45, 7) is 4.81. The molecule has 4 bridgehead atoms. The van der Waals surface area contributed by atoms with Crippen molar-refractivity contribution in [3.05, 3.63) is 75.3 Å². The van der Waals surface area contributed by atoms with Gasteiger partial charge in [-0.2, -0.15) is 5.26 Å². The molecule has 16 heteroatoms. The number of esters is 2. The second kappa shape index (κ2) is 15.6. The quantitative estimate of drug-likeness (QED) is 0.187. The van der Waals surface area contributed by atoms with Gasteiger partial charge in [0.25, 0.3) is 0 Å². The Kier molecular flexibility index (Phi) is 10.6. The van der Waals surface area contributed by atoms with Gasteiger partial charge in [0.15, 0.2) is 29.8 Å². The third-order valence-electron chi connectivity index (χ3n) is 11.5. The van der Waals surface area contributed by atoms with Crippen LogP contribution in [0.25, 0.3) is 0 Å². The minimum atomic E-state index is -1.11. The molecule has 2 fully saturated rings. The summed E-state index contributed by atoms with van der Waals surface area (Å²) in [7, 11) is 5.16. The van der Waals surface area contributed by atoms with E-state index in [1.807, 2.05) is 51.2 Å². The molecule has 1 amide bonds. The van der Waals surface area contributed by atoms with Crippen LogP contribution in [0.1, 0.15) is 63.2 Å². The number of likely N-dealkylation sites (N-methyl/N-ethyl adjacent to an activating group) is 1. The van der Waals surface area contributed by atoms with Crippen molar-refractivity contribution in [2.24, 2.45) is 0 Å². The molecule has 0 aliphatic carbocycles. The average molecular weight is 801 g/mol. The molecular weight excluding hydrogens is 757 g/mol. The number of ether oxygens (including phenoxy) is 8. The Bertz CT molecular complexity index is 2150. The third-order valence-corrected chi connectivity index (χ3v) is 12.9. The molecule has 3 aromatic carbocycles. The Morgan fingerprint density at radius 2 is 1.81 bits per heavy atom. The summed E-state index contributed by atoms with van der Waals surface area (Å²) >= 11 is 1.39. The lowest BCUT2D eigenvalue weighted by molar-refractivity contribution is -0.151. The standard InChI is InChI=1S/C41H44N4O11S/c1-20-12-24-13-26-27(14-42)45-28-16-51-40(47)25(43-41(48)52-15-23-10-8-7-9-11-23)17-57-39(31-30(28)38-36(54-19-55-38)21(2)35(31)56-22(3)46)33(45)32(44(26)4)29(24)37(34(20)50-6)53-18-49-5/h7-12,25-28,32-33,39H,13,15-19H2,1-6H3,(H,43,48)/t25-,26-,27-,28+,32-,33?,39+/m0/s1. The molecule has 6 heterocycles. The number of nitrogens with zero attached hydrogens (tertiary/aromatic N) is 3. The summed E-state index contributed by atoms with van der Waals surface area (Å²) in [6, 6.07) is 10.2. The van der Waals surface area contributed by atoms with Gasteiger partial charge in [-0.1, -0.05) is 36.4 Å². The first-order valence-corrected chi connectivity index (χ1v) is 19.7. The van der Waals surface area contributed by atoms with Crippen molar-refractivity contribution in [3.63, 3.8) is 0 Å². The van der Waals surface area contributed by atoms with Crippen LogP contribution in [0.2, 0.25) is 0 Å². The van der Waals surface area contributed by atoms with Crippen molar-refractivity contribution in [1.82, 2.24) is 15.1 Å². The zero-order valence-corrected chi connectivity index (χ0v) is 33.3. The molecule has 1 N–H and O–H groups in total. The number of hydrogen-bond acceptors (Lipinski definition) is 15. The fourth-order valence-electron chi connectivity index (χ4n) is 9.21. The number of amides is 1. The van der Waals surface area contributed by atoms with Gasteiger partial charge in [-0.3, -0.25) is 14.6 Å². The highest BCUT2D eigenvalue weighted by Gasteiger charge is 2.61. The summed E-state index contributed by atoms with van der Waals surface area (Å²) in [5.41, 5.74) is 5.43. The lowest BCUT2D eigenvalue weighted by Gasteiger charge is -2.61. The Hall–Kier alpha value is -5.21. The number of aryl methyl sites for hydroxylation is 1. The van der Waals surface area contributed by atoms with E-state index in [1.54, 1.807) is 14.2 Å². The zero-order valence-electron chi connectivity index (χ0n) is 32.5. The molecule has 300 valence electrons. The van der Waals surface area contributed by atoms with E-state index in [9.17, 15) is 19.6 Å². The van der Waals surface area contributed by atoms with Crippen LogP contribution in [0, 0.1) is 25.2 Å². The van der Waals surface area contributed by atoms with E-state index in [-0.39, 0.29) is 38.6 Å². The van der Waals surface area contributed by atoms with Gasteiger partial charge in [0.05, 0.1) is 30.5 Å².